The Kier molecular flexibility index (Phi) is 4.83. The van der Waals surface area contributed by atoms with Crippen molar-refractivity contribution in [2.24, 2.45) is 0 Å². The largest absolute Gasteiger partial charge is 0.448 e. The monoisotopic (exact) mass is 367 g/mol. The number of halogens is 1. The first-order valence-corrected chi connectivity index (χ1v) is 7.96. The molecule has 1 aromatic heterocycles. The van der Waals surface area contributed by atoms with E-state index in [0.717, 1.165) is 15.6 Å². The minimum absolute atomic E-state index is 0.292. The van der Waals surface area contributed by atoms with Crippen LogP contribution in [0.3, 0.4) is 0 Å². The number of nitrogens with zero attached hydrogens (tertiary/aromatic N) is 1. The third kappa shape index (κ3) is 3.66. The highest BCUT2D eigenvalue weighted by atomic mass is 79.9. The number of pyridine rings is 1. The number of aromatic nitrogens is 1. The van der Waals surface area contributed by atoms with Crippen LogP contribution in [0.4, 0.5) is 0 Å². The molecule has 3 rings (SSSR count). The third-order valence-corrected chi connectivity index (χ3v) is 4.11. The van der Waals surface area contributed by atoms with Crippen LogP contribution >= 0.6 is 15.9 Å². The molecule has 0 N–H and O–H groups in total. The van der Waals surface area contributed by atoms with E-state index in [1.165, 1.54) is 0 Å². The fraction of sp³-hybridized carbons (Fsp3) is 0.0526. The minimum atomic E-state index is -0.499. The van der Waals surface area contributed by atoms with Crippen LogP contribution in [0.5, 0.6) is 0 Å². The van der Waals surface area contributed by atoms with Gasteiger partial charge in [0.2, 0.25) is 0 Å². The smallest absolute Gasteiger partial charge is 0.357 e. The zero-order valence-electron chi connectivity index (χ0n) is 12.2. The van der Waals surface area contributed by atoms with Crippen LogP contribution < -0.4 is 0 Å². The molecule has 2 aromatic carbocycles. The normalized spacial score (nSPS) is 11.7. The van der Waals surface area contributed by atoms with Gasteiger partial charge in [-0.15, -0.1) is 0 Å². The van der Waals surface area contributed by atoms with E-state index in [-0.39, 0.29) is 0 Å². The summed E-state index contributed by atoms with van der Waals surface area (Å²) in [6, 6.07) is 22.5. The average molecular weight is 368 g/mol. The van der Waals surface area contributed by atoms with Crippen molar-refractivity contribution in [3.05, 3.63) is 100 Å². The zero-order chi connectivity index (χ0) is 16.1. The number of hydrogen-bond acceptors (Lipinski definition) is 3. The maximum absolute atomic E-state index is 12.4. The lowest BCUT2D eigenvalue weighted by molar-refractivity contribution is 0.0370. The molecule has 1 atom stereocenters. The van der Waals surface area contributed by atoms with Crippen LogP contribution in [0.15, 0.2) is 83.5 Å². The second kappa shape index (κ2) is 7.20. The molecule has 0 aliphatic carbocycles. The van der Waals surface area contributed by atoms with E-state index < -0.39 is 12.1 Å². The number of benzene rings is 2. The van der Waals surface area contributed by atoms with Crippen LogP contribution in [-0.4, -0.2) is 11.0 Å². The number of carbonyl (C=O) groups is 1. The Hall–Kier alpha value is -2.46. The van der Waals surface area contributed by atoms with Gasteiger partial charge in [0, 0.05) is 16.2 Å². The predicted molar refractivity (Wildman–Crippen MR) is 92.1 cm³/mol. The van der Waals surface area contributed by atoms with Crippen LogP contribution in [0.2, 0.25) is 0 Å². The van der Waals surface area contributed by atoms with Gasteiger partial charge in [-0.25, -0.2) is 9.78 Å². The van der Waals surface area contributed by atoms with E-state index in [0.29, 0.717) is 5.69 Å². The number of carbonyl (C=O) groups excluding carboxylic acids is 1. The Morgan fingerprint density at radius 3 is 2.30 bits per heavy atom. The summed E-state index contributed by atoms with van der Waals surface area (Å²) < 4.78 is 6.65. The van der Waals surface area contributed by atoms with Gasteiger partial charge in [-0.2, -0.15) is 0 Å². The first kappa shape index (κ1) is 15.4. The number of esters is 1. The van der Waals surface area contributed by atoms with Crippen LogP contribution in [-0.2, 0) is 4.74 Å². The molecule has 0 bridgehead atoms. The lowest BCUT2D eigenvalue weighted by Gasteiger charge is -2.20. The number of ether oxygens (including phenoxy) is 1. The highest BCUT2D eigenvalue weighted by Gasteiger charge is 2.22. The van der Waals surface area contributed by atoms with Gasteiger partial charge in [-0.1, -0.05) is 70.5 Å². The Morgan fingerprint density at radius 1 is 0.913 bits per heavy atom. The molecule has 0 saturated carbocycles. The van der Waals surface area contributed by atoms with Gasteiger partial charge < -0.3 is 4.74 Å². The molecule has 0 spiro atoms. The van der Waals surface area contributed by atoms with E-state index >= 15 is 0 Å². The maximum atomic E-state index is 12.4. The molecule has 1 unspecified atom stereocenters. The molecule has 3 aromatic rings. The molecule has 0 amide bonds. The molecule has 0 fully saturated rings. The van der Waals surface area contributed by atoms with Gasteiger partial charge in [-0.05, 0) is 23.8 Å². The van der Waals surface area contributed by atoms with Gasteiger partial charge in [0.25, 0.3) is 0 Å². The Labute approximate surface area is 143 Å². The van der Waals surface area contributed by atoms with Gasteiger partial charge in [0.15, 0.2) is 6.10 Å². The van der Waals surface area contributed by atoms with E-state index in [1.807, 2.05) is 54.6 Å². The van der Waals surface area contributed by atoms with Crippen molar-refractivity contribution in [3.8, 4) is 0 Å². The summed E-state index contributed by atoms with van der Waals surface area (Å²) in [6.07, 6.45) is 1.08. The van der Waals surface area contributed by atoms with Crippen LogP contribution in [0, 0.1) is 0 Å². The van der Waals surface area contributed by atoms with Crippen molar-refractivity contribution < 1.29 is 9.53 Å². The average Bonchev–Trinajstić information content (AvgIpc) is 2.62. The summed E-state index contributed by atoms with van der Waals surface area (Å²) in [6.45, 7) is 0. The molecular weight excluding hydrogens is 354 g/mol. The number of rotatable bonds is 4. The van der Waals surface area contributed by atoms with E-state index in [1.54, 1.807) is 24.4 Å². The Morgan fingerprint density at radius 2 is 1.61 bits per heavy atom. The first-order chi connectivity index (χ1) is 11.3. The molecule has 1 heterocycles. The molecule has 114 valence electrons. The topological polar surface area (TPSA) is 39.2 Å². The molecule has 3 nitrogen and oxygen atoms in total. The summed E-state index contributed by atoms with van der Waals surface area (Å²) in [5.74, 6) is -0.449. The second-order valence-electron chi connectivity index (χ2n) is 4.93. The highest BCUT2D eigenvalue weighted by Crippen LogP contribution is 2.32. The van der Waals surface area contributed by atoms with Crippen LogP contribution in [0.25, 0.3) is 0 Å². The summed E-state index contributed by atoms with van der Waals surface area (Å²) in [5.41, 5.74) is 2.09. The van der Waals surface area contributed by atoms with Crippen molar-refractivity contribution in [2.45, 2.75) is 6.10 Å². The summed E-state index contributed by atoms with van der Waals surface area (Å²) >= 11 is 3.53. The molecule has 0 saturated heterocycles. The van der Waals surface area contributed by atoms with E-state index in [2.05, 4.69) is 20.9 Å². The SMILES string of the molecule is O=C(OC(c1ccccc1)c1ccccc1Br)c1ccccn1. The van der Waals surface area contributed by atoms with Crippen molar-refractivity contribution in [1.29, 1.82) is 0 Å². The quantitative estimate of drug-likeness (QED) is 0.622. The molecule has 0 aliphatic rings. The van der Waals surface area contributed by atoms with Crippen molar-refractivity contribution in [1.82, 2.24) is 4.98 Å². The highest BCUT2D eigenvalue weighted by molar-refractivity contribution is 9.10. The van der Waals surface area contributed by atoms with Gasteiger partial charge >= 0.3 is 5.97 Å². The van der Waals surface area contributed by atoms with Crippen molar-refractivity contribution >= 4 is 21.9 Å². The summed E-state index contributed by atoms with van der Waals surface area (Å²) in [7, 11) is 0. The second-order valence-corrected chi connectivity index (χ2v) is 5.79. The lowest BCUT2D eigenvalue weighted by atomic mass is 10.0. The predicted octanol–water partition coefficient (Wildman–Crippen LogP) is 4.79. The van der Waals surface area contributed by atoms with Gasteiger partial charge in [-0.3, -0.25) is 0 Å². The van der Waals surface area contributed by atoms with E-state index in [9.17, 15) is 4.79 Å². The zero-order valence-corrected chi connectivity index (χ0v) is 13.8. The molecular formula is C19H14BrNO2. The molecule has 0 aliphatic heterocycles. The van der Waals surface area contributed by atoms with Gasteiger partial charge in [0.1, 0.15) is 5.69 Å². The lowest BCUT2D eigenvalue weighted by Crippen LogP contribution is -2.14. The standard InChI is InChI=1S/C19H14BrNO2/c20-16-11-5-4-10-15(16)18(14-8-2-1-3-9-14)23-19(22)17-12-6-7-13-21-17/h1-13,18H. The molecule has 0 radical (unpaired) electrons. The maximum Gasteiger partial charge on any atom is 0.357 e. The van der Waals surface area contributed by atoms with Gasteiger partial charge in [0.05, 0.1) is 0 Å². The van der Waals surface area contributed by atoms with Crippen molar-refractivity contribution in [2.75, 3.05) is 0 Å². The fourth-order valence-corrected chi connectivity index (χ4v) is 2.77. The minimum Gasteiger partial charge on any atom is -0.448 e. The summed E-state index contributed by atoms with van der Waals surface area (Å²) in [4.78, 5) is 16.5. The Balaban J connectivity index is 1.97. The first-order valence-electron chi connectivity index (χ1n) is 7.17. The summed E-state index contributed by atoms with van der Waals surface area (Å²) in [5, 5.41) is 0. The Bertz CT molecular complexity index is 791. The molecule has 23 heavy (non-hydrogen) atoms. The number of hydrogen-bond donors (Lipinski definition) is 0. The molecule has 4 heteroatoms. The van der Waals surface area contributed by atoms with E-state index in [4.69, 9.17) is 4.74 Å². The third-order valence-electron chi connectivity index (χ3n) is 3.39. The van der Waals surface area contributed by atoms with Crippen molar-refractivity contribution in [3.63, 3.8) is 0 Å². The fourth-order valence-electron chi connectivity index (χ4n) is 2.28. The van der Waals surface area contributed by atoms with Crippen LogP contribution in [0.1, 0.15) is 27.7 Å².